The summed E-state index contributed by atoms with van der Waals surface area (Å²) in [5, 5.41) is 3.63. The van der Waals surface area contributed by atoms with E-state index in [2.05, 4.69) is 19.2 Å². The lowest BCUT2D eigenvalue weighted by Crippen LogP contribution is -2.51. The van der Waals surface area contributed by atoms with Crippen LogP contribution in [0.3, 0.4) is 0 Å². The quantitative estimate of drug-likeness (QED) is 0.844. The lowest BCUT2D eigenvalue weighted by molar-refractivity contribution is 0.0872. The first-order chi connectivity index (χ1) is 9.87. The monoisotopic (exact) mass is 315 g/mol. The highest BCUT2D eigenvalue weighted by molar-refractivity contribution is 7.91. The fourth-order valence-electron chi connectivity index (χ4n) is 4.75. The second-order valence-electron chi connectivity index (χ2n) is 7.63. The molecule has 2 aliphatic rings. The predicted molar refractivity (Wildman–Crippen MR) is 89.2 cm³/mol. The van der Waals surface area contributed by atoms with Crippen LogP contribution < -0.4 is 5.32 Å². The van der Waals surface area contributed by atoms with Gasteiger partial charge < -0.3 is 5.32 Å². The van der Waals surface area contributed by atoms with E-state index in [0.717, 1.165) is 25.8 Å². The molecule has 0 aromatic carbocycles. The van der Waals surface area contributed by atoms with Crippen molar-refractivity contribution in [2.24, 2.45) is 11.3 Å². The van der Waals surface area contributed by atoms with Gasteiger partial charge in [0.25, 0.3) is 0 Å². The van der Waals surface area contributed by atoms with Gasteiger partial charge >= 0.3 is 0 Å². The Morgan fingerprint density at radius 1 is 1.14 bits per heavy atom. The van der Waals surface area contributed by atoms with Gasteiger partial charge in [0.1, 0.15) is 9.84 Å². The Hall–Kier alpha value is -0.0900. The summed E-state index contributed by atoms with van der Waals surface area (Å²) in [6, 6.07) is 0.493. The van der Waals surface area contributed by atoms with Gasteiger partial charge in [0.15, 0.2) is 0 Å². The standard InChI is InChI=1S/C17H33NO2S/c1-4-18-16(17(2)11-6-5-7-12-17)14-9-8-10-15(13-14)21(3,19)20/h14-16,18H,4-13H2,1-3H3. The normalized spacial score (nSPS) is 31.8. The maximum atomic E-state index is 11.9. The summed E-state index contributed by atoms with van der Waals surface area (Å²) in [6.07, 6.45) is 12.0. The van der Waals surface area contributed by atoms with Crippen molar-refractivity contribution in [2.45, 2.75) is 82.9 Å². The van der Waals surface area contributed by atoms with Crippen LogP contribution in [-0.4, -0.2) is 32.5 Å². The van der Waals surface area contributed by atoms with Crippen molar-refractivity contribution in [3.63, 3.8) is 0 Å². The third-order valence-electron chi connectivity index (χ3n) is 5.91. The number of sulfone groups is 1. The smallest absolute Gasteiger partial charge is 0.150 e. The number of rotatable bonds is 5. The van der Waals surface area contributed by atoms with E-state index in [9.17, 15) is 8.42 Å². The van der Waals surface area contributed by atoms with Crippen LogP contribution in [0.25, 0.3) is 0 Å². The molecule has 3 nitrogen and oxygen atoms in total. The summed E-state index contributed by atoms with van der Waals surface area (Å²) >= 11 is 0. The van der Waals surface area contributed by atoms with Gasteiger partial charge in [0.2, 0.25) is 0 Å². The Labute approximate surface area is 131 Å². The first kappa shape index (κ1) is 17.3. The molecular weight excluding hydrogens is 282 g/mol. The van der Waals surface area contributed by atoms with Crippen LogP contribution in [0.2, 0.25) is 0 Å². The van der Waals surface area contributed by atoms with Crippen LogP contribution in [0.4, 0.5) is 0 Å². The summed E-state index contributed by atoms with van der Waals surface area (Å²) in [5.74, 6) is 0.529. The van der Waals surface area contributed by atoms with Crippen molar-refractivity contribution in [1.82, 2.24) is 5.32 Å². The minimum absolute atomic E-state index is 0.107. The largest absolute Gasteiger partial charge is 0.313 e. The Morgan fingerprint density at radius 2 is 1.81 bits per heavy atom. The van der Waals surface area contributed by atoms with Crippen molar-refractivity contribution >= 4 is 9.84 Å². The van der Waals surface area contributed by atoms with E-state index >= 15 is 0 Å². The molecule has 0 heterocycles. The zero-order valence-corrected chi connectivity index (χ0v) is 14.8. The Kier molecular flexibility index (Phi) is 5.75. The minimum atomic E-state index is -2.89. The molecule has 3 atom stereocenters. The molecule has 2 aliphatic carbocycles. The molecule has 3 unspecified atom stereocenters. The second-order valence-corrected chi connectivity index (χ2v) is 9.95. The Morgan fingerprint density at radius 3 is 2.38 bits per heavy atom. The first-order valence-electron chi connectivity index (χ1n) is 8.79. The second kappa shape index (κ2) is 6.99. The van der Waals surface area contributed by atoms with E-state index in [1.54, 1.807) is 0 Å². The Bertz CT molecular complexity index is 426. The molecule has 0 aromatic rings. The van der Waals surface area contributed by atoms with E-state index in [1.807, 2.05) is 0 Å². The van der Waals surface area contributed by atoms with Gasteiger partial charge in [0.05, 0.1) is 5.25 Å². The molecular formula is C17H33NO2S. The van der Waals surface area contributed by atoms with Gasteiger partial charge in [-0.25, -0.2) is 8.42 Å². The summed E-state index contributed by atoms with van der Waals surface area (Å²) in [5.41, 5.74) is 0.359. The van der Waals surface area contributed by atoms with Gasteiger partial charge in [-0.3, -0.25) is 0 Å². The zero-order chi connectivity index (χ0) is 15.5. The molecule has 0 radical (unpaired) electrons. The van der Waals surface area contributed by atoms with Crippen LogP contribution in [0.15, 0.2) is 0 Å². The molecule has 0 aliphatic heterocycles. The summed E-state index contributed by atoms with van der Waals surface area (Å²) in [4.78, 5) is 0. The summed E-state index contributed by atoms with van der Waals surface area (Å²) in [6.45, 7) is 5.60. The maximum Gasteiger partial charge on any atom is 0.150 e. The van der Waals surface area contributed by atoms with Crippen LogP contribution in [0, 0.1) is 11.3 Å². The van der Waals surface area contributed by atoms with Crippen molar-refractivity contribution in [2.75, 3.05) is 12.8 Å². The van der Waals surface area contributed by atoms with Crippen LogP contribution >= 0.6 is 0 Å². The molecule has 0 spiro atoms. The van der Waals surface area contributed by atoms with Crippen LogP contribution in [-0.2, 0) is 9.84 Å². The minimum Gasteiger partial charge on any atom is -0.313 e. The highest BCUT2D eigenvalue weighted by Crippen LogP contribution is 2.44. The average molecular weight is 316 g/mol. The van der Waals surface area contributed by atoms with Crippen molar-refractivity contribution in [3.8, 4) is 0 Å². The molecule has 2 fully saturated rings. The number of hydrogen-bond acceptors (Lipinski definition) is 3. The van der Waals surface area contributed by atoms with Crippen molar-refractivity contribution < 1.29 is 8.42 Å². The third kappa shape index (κ3) is 4.22. The fourth-order valence-corrected chi connectivity index (χ4v) is 5.94. The van der Waals surface area contributed by atoms with E-state index in [-0.39, 0.29) is 5.25 Å². The SMILES string of the molecule is CCNC(C1CCCC(S(C)(=O)=O)C1)C1(C)CCCCC1. The van der Waals surface area contributed by atoms with E-state index in [4.69, 9.17) is 0 Å². The van der Waals surface area contributed by atoms with Gasteiger partial charge in [-0.2, -0.15) is 0 Å². The van der Waals surface area contributed by atoms with Crippen LogP contribution in [0.5, 0.6) is 0 Å². The molecule has 0 amide bonds. The lowest BCUT2D eigenvalue weighted by atomic mass is 9.64. The number of nitrogens with one attached hydrogen (secondary N) is 1. The first-order valence-corrected chi connectivity index (χ1v) is 10.7. The third-order valence-corrected chi connectivity index (χ3v) is 7.55. The van der Waals surface area contributed by atoms with Gasteiger partial charge in [-0.1, -0.05) is 39.5 Å². The van der Waals surface area contributed by atoms with E-state index in [0.29, 0.717) is 17.4 Å². The molecule has 21 heavy (non-hydrogen) atoms. The molecule has 4 heteroatoms. The van der Waals surface area contributed by atoms with Gasteiger partial charge in [-0.05, 0) is 50.0 Å². The molecule has 0 saturated heterocycles. The van der Waals surface area contributed by atoms with Crippen molar-refractivity contribution in [3.05, 3.63) is 0 Å². The number of hydrogen-bond donors (Lipinski definition) is 1. The molecule has 124 valence electrons. The lowest BCUT2D eigenvalue weighted by Gasteiger charge is -2.47. The fraction of sp³-hybridized carbons (Fsp3) is 1.00. The summed E-state index contributed by atoms with van der Waals surface area (Å²) in [7, 11) is -2.89. The van der Waals surface area contributed by atoms with E-state index < -0.39 is 9.84 Å². The molecule has 2 saturated carbocycles. The van der Waals surface area contributed by atoms with Crippen LogP contribution in [0.1, 0.15) is 71.6 Å². The van der Waals surface area contributed by atoms with Gasteiger partial charge in [0, 0.05) is 12.3 Å². The van der Waals surface area contributed by atoms with Crippen molar-refractivity contribution in [1.29, 1.82) is 0 Å². The van der Waals surface area contributed by atoms with E-state index in [1.165, 1.54) is 44.8 Å². The molecule has 2 rings (SSSR count). The molecule has 0 bridgehead atoms. The Balaban J connectivity index is 2.13. The predicted octanol–water partition coefficient (Wildman–Crippen LogP) is 3.54. The summed E-state index contributed by atoms with van der Waals surface area (Å²) < 4.78 is 23.9. The molecule has 0 aromatic heterocycles. The molecule has 1 N–H and O–H groups in total. The average Bonchev–Trinajstić information content (AvgIpc) is 2.44. The highest BCUT2D eigenvalue weighted by Gasteiger charge is 2.42. The topological polar surface area (TPSA) is 46.2 Å². The maximum absolute atomic E-state index is 11.9. The van der Waals surface area contributed by atoms with Gasteiger partial charge in [-0.15, -0.1) is 0 Å². The zero-order valence-electron chi connectivity index (χ0n) is 14.0. The highest BCUT2D eigenvalue weighted by atomic mass is 32.2.